The average Bonchev–Trinajstić information content (AvgIpc) is 3.09. The molecule has 2 aliphatic rings. The molecule has 19 heavy (non-hydrogen) atoms. The molecule has 2 saturated heterocycles. The third kappa shape index (κ3) is 2.28. The first-order valence-corrected chi connectivity index (χ1v) is 6.87. The summed E-state index contributed by atoms with van der Waals surface area (Å²) in [5.41, 5.74) is 0. The molecule has 3 atom stereocenters. The Morgan fingerprint density at radius 1 is 1.53 bits per heavy atom. The van der Waals surface area contributed by atoms with Gasteiger partial charge in [0.25, 0.3) is 0 Å². The maximum absolute atomic E-state index is 11.8. The van der Waals surface area contributed by atoms with E-state index in [1.807, 2.05) is 12.1 Å². The van der Waals surface area contributed by atoms with Gasteiger partial charge < -0.3 is 9.73 Å². The first kappa shape index (κ1) is 12.7. The number of carbonyl (C=O) groups is 1. The van der Waals surface area contributed by atoms with E-state index in [0.717, 1.165) is 31.8 Å². The second-order valence-electron chi connectivity index (χ2n) is 5.63. The number of nitrogens with one attached hydrogen (secondary N) is 1. The van der Waals surface area contributed by atoms with Crippen molar-refractivity contribution in [3.8, 4) is 0 Å². The van der Waals surface area contributed by atoms with Crippen molar-refractivity contribution in [2.45, 2.75) is 25.0 Å². The van der Waals surface area contributed by atoms with Crippen molar-refractivity contribution in [3.05, 3.63) is 24.2 Å². The van der Waals surface area contributed by atoms with E-state index in [1.54, 1.807) is 13.3 Å². The van der Waals surface area contributed by atoms with Crippen LogP contribution < -0.4 is 5.32 Å². The Morgan fingerprint density at radius 2 is 2.37 bits per heavy atom. The van der Waals surface area contributed by atoms with Crippen LogP contribution in [0.3, 0.4) is 0 Å². The minimum absolute atomic E-state index is 0.0470. The van der Waals surface area contributed by atoms with Crippen molar-refractivity contribution in [3.63, 3.8) is 0 Å². The molecular formula is C14H21N3O2. The van der Waals surface area contributed by atoms with Gasteiger partial charge in [0.15, 0.2) is 0 Å². The molecule has 5 nitrogen and oxygen atoms in total. The number of likely N-dealkylation sites (tertiary alicyclic amines) is 2. The fourth-order valence-electron chi connectivity index (χ4n) is 3.53. The number of rotatable bonds is 3. The fourth-order valence-corrected chi connectivity index (χ4v) is 3.53. The van der Waals surface area contributed by atoms with Crippen LogP contribution >= 0.6 is 0 Å². The van der Waals surface area contributed by atoms with E-state index in [9.17, 15) is 4.79 Å². The highest BCUT2D eigenvalue weighted by atomic mass is 16.3. The maximum Gasteiger partial charge on any atom is 0.237 e. The van der Waals surface area contributed by atoms with E-state index < -0.39 is 0 Å². The lowest BCUT2D eigenvalue weighted by molar-refractivity contribution is -0.125. The predicted octanol–water partition coefficient (Wildman–Crippen LogP) is 0.530. The van der Waals surface area contributed by atoms with Crippen molar-refractivity contribution in [1.82, 2.24) is 15.1 Å². The van der Waals surface area contributed by atoms with E-state index in [-0.39, 0.29) is 11.9 Å². The van der Waals surface area contributed by atoms with E-state index in [0.29, 0.717) is 12.0 Å². The zero-order chi connectivity index (χ0) is 13.4. The Bertz CT molecular complexity index is 446. The van der Waals surface area contributed by atoms with Crippen LogP contribution in [0.2, 0.25) is 0 Å². The van der Waals surface area contributed by atoms with Gasteiger partial charge in [0, 0.05) is 26.2 Å². The number of carbonyl (C=O) groups excluding carboxylic acids is 1. The molecule has 0 aliphatic carbocycles. The van der Waals surface area contributed by atoms with Gasteiger partial charge in [0.2, 0.25) is 5.91 Å². The number of fused-ring (bicyclic) bond motifs is 1. The zero-order valence-electron chi connectivity index (χ0n) is 11.5. The normalized spacial score (nSPS) is 31.6. The van der Waals surface area contributed by atoms with Crippen LogP contribution in [0, 0.1) is 5.92 Å². The Balaban J connectivity index is 1.61. The van der Waals surface area contributed by atoms with Crippen LogP contribution in [0.25, 0.3) is 0 Å². The van der Waals surface area contributed by atoms with Crippen LogP contribution in [-0.4, -0.2) is 55.0 Å². The number of hydrogen-bond acceptors (Lipinski definition) is 4. The van der Waals surface area contributed by atoms with Crippen molar-refractivity contribution in [1.29, 1.82) is 0 Å². The molecule has 2 aliphatic heterocycles. The van der Waals surface area contributed by atoms with Crippen LogP contribution in [-0.2, 0) is 11.3 Å². The second-order valence-corrected chi connectivity index (χ2v) is 5.63. The van der Waals surface area contributed by atoms with Crippen LogP contribution in [0.5, 0.6) is 0 Å². The number of furan rings is 1. The number of nitrogens with zero attached hydrogens (tertiary/aromatic N) is 2. The Hall–Kier alpha value is -1.33. The molecule has 104 valence electrons. The lowest BCUT2D eigenvalue weighted by atomic mass is 10.0. The smallest absolute Gasteiger partial charge is 0.237 e. The molecular weight excluding hydrogens is 242 g/mol. The van der Waals surface area contributed by atoms with E-state index >= 15 is 0 Å². The Kier molecular flexibility index (Phi) is 3.33. The SMILES string of the molecule is CNC(=O)[C@@H]1C[C@H]2CN(Cc3ccco3)C[C@H]2N1C. The molecule has 0 unspecified atom stereocenters. The fraction of sp³-hybridized carbons (Fsp3) is 0.643. The Morgan fingerprint density at radius 3 is 3.00 bits per heavy atom. The van der Waals surface area contributed by atoms with Gasteiger partial charge >= 0.3 is 0 Å². The van der Waals surface area contributed by atoms with Crippen molar-refractivity contribution < 1.29 is 9.21 Å². The van der Waals surface area contributed by atoms with Gasteiger partial charge in [-0.2, -0.15) is 0 Å². The lowest BCUT2D eigenvalue weighted by Gasteiger charge is -2.25. The highest BCUT2D eigenvalue weighted by Gasteiger charge is 2.46. The molecule has 1 amide bonds. The molecule has 0 radical (unpaired) electrons. The summed E-state index contributed by atoms with van der Waals surface area (Å²) < 4.78 is 5.40. The molecule has 0 saturated carbocycles. The molecule has 3 heterocycles. The van der Waals surface area contributed by atoms with Crippen LogP contribution in [0.15, 0.2) is 22.8 Å². The monoisotopic (exact) mass is 263 g/mol. The Labute approximate surface area is 113 Å². The third-order valence-electron chi connectivity index (χ3n) is 4.53. The number of likely N-dealkylation sites (N-methyl/N-ethyl adjacent to an activating group) is 2. The molecule has 0 aromatic carbocycles. The predicted molar refractivity (Wildman–Crippen MR) is 71.5 cm³/mol. The standard InChI is InChI=1S/C14H21N3O2/c1-15-14(18)12-6-10-7-17(9-13(10)16(12)2)8-11-4-3-5-19-11/h3-5,10,12-13H,6-9H2,1-2H3,(H,15,18)/t10-,12-,13+/m0/s1. The molecule has 3 rings (SSSR count). The van der Waals surface area contributed by atoms with Gasteiger partial charge in [-0.1, -0.05) is 0 Å². The second kappa shape index (κ2) is 4.98. The summed E-state index contributed by atoms with van der Waals surface area (Å²) in [6.07, 6.45) is 2.69. The van der Waals surface area contributed by atoms with Gasteiger partial charge in [0.05, 0.1) is 18.8 Å². The zero-order valence-corrected chi connectivity index (χ0v) is 11.5. The average molecular weight is 263 g/mol. The molecule has 1 aromatic heterocycles. The summed E-state index contributed by atoms with van der Waals surface area (Å²) in [4.78, 5) is 16.5. The summed E-state index contributed by atoms with van der Waals surface area (Å²) >= 11 is 0. The van der Waals surface area contributed by atoms with E-state index in [1.165, 1.54) is 0 Å². The maximum atomic E-state index is 11.8. The summed E-state index contributed by atoms with van der Waals surface area (Å²) in [5, 5.41) is 2.76. The minimum Gasteiger partial charge on any atom is -0.468 e. The van der Waals surface area contributed by atoms with Crippen molar-refractivity contribution >= 4 is 5.91 Å². The van der Waals surface area contributed by atoms with Gasteiger partial charge in [-0.15, -0.1) is 0 Å². The van der Waals surface area contributed by atoms with Gasteiger partial charge in [-0.25, -0.2) is 0 Å². The van der Waals surface area contributed by atoms with E-state index in [2.05, 4.69) is 22.2 Å². The highest BCUT2D eigenvalue weighted by Crippen LogP contribution is 2.35. The van der Waals surface area contributed by atoms with Crippen LogP contribution in [0.4, 0.5) is 0 Å². The van der Waals surface area contributed by atoms with E-state index in [4.69, 9.17) is 4.42 Å². The van der Waals surface area contributed by atoms with Crippen molar-refractivity contribution in [2.24, 2.45) is 5.92 Å². The molecule has 5 heteroatoms. The summed E-state index contributed by atoms with van der Waals surface area (Å²) in [6.45, 7) is 2.96. The number of hydrogen-bond donors (Lipinski definition) is 1. The first-order valence-electron chi connectivity index (χ1n) is 6.87. The molecule has 1 aromatic rings. The van der Waals surface area contributed by atoms with Crippen molar-refractivity contribution in [2.75, 3.05) is 27.2 Å². The lowest BCUT2D eigenvalue weighted by Crippen LogP contribution is -2.44. The summed E-state index contributed by atoms with van der Waals surface area (Å²) in [7, 11) is 3.79. The van der Waals surface area contributed by atoms with Gasteiger partial charge in [-0.3, -0.25) is 14.6 Å². The molecule has 1 N–H and O–H groups in total. The topological polar surface area (TPSA) is 48.7 Å². The summed E-state index contributed by atoms with van der Waals surface area (Å²) in [6, 6.07) is 4.49. The quantitative estimate of drug-likeness (QED) is 0.864. The minimum atomic E-state index is 0.0470. The number of amides is 1. The summed E-state index contributed by atoms with van der Waals surface area (Å²) in [5.74, 6) is 1.77. The van der Waals surface area contributed by atoms with Crippen LogP contribution in [0.1, 0.15) is 12.2 Å². The molecule has 2 fully saturated rings. The highest BCUT2D eigenvalue weighted by molar-refractivity contribution is 5.81. The molecule has 0 spiro atoms. The molecule has 0 bridgehead atoms. The van der Waals surface area contributed by atoms with Gasteiger partial charge in [-0.05, 0) is 31.5 Å². The first-order chi connectivity index (χ1) is 9.19. The largest absolute Gasteiger partial charge is 0.468 e. The third-order valence-corrected chi connectivity index (χ3v) is 4.53. The van der Waals surface area contributed by atoms with Gasteiger partial charge in [0.1, 0.15) is 5.76 Å².